The van der Waals surface area contributed by atoms with Crippen molar-refractivity contribution in [1.82, 2.24) is 10.2 Å². The van der Waals surface area contributed by atoms with E-state index >= 15 is 0 Å². The Morgan fingerprint density at radius 3 is 2.75 bits per heavy atom. The summed E-state index contributed by atoms with van der Waals surface area (Å²) in [6.45, 7) is 2.76. The van der Waals surface area contributed by atoms with Crippen LogP contribution < -0.4 is 5.32 Å². The predicted molar refractivity (Wildman–Crippen MR) is 80.5 cm³/mol. The Morgan fingerprint density at radius 2 is 2.10 bits per heavy atom. The van der Waals surface area contributed by atoms with E-state index in [0.717, 1.165) is 13.1 Å². The van der Waals surface area contributed by atoms with E-state index < -0.39 is 0 Å². The molecule has 1 aromatic rings. The zero-order chi connectivity index (χ0) is 13.9. The molecule has 0 spiro atoms. The molecular formula is C16H22ClFN2. The van der Waals surface area contributed by atoms with Crippen LogP contribution in [0.4, 0.5) is 4.39 Å². The molecule has 0 aromatic heterocycles. The second-order valence-corrected chi connectivity index (χ2v) is 6.41. The SMILES string of the molecule is Fc1cccc(Cl)c1CN(CC1CCCCN1)C1CC1. The van der Waals surface area contributed by atoms with Crippen molar-refractivity contribution in [2.45, 2.75) is 50.7 Å². The van der Waals surface area contributed by atoms with Crippen molar-refractivity contribution >= 4 is 11.6 Å². The minimum atomic E-state index is -0.181. The lowest BCUT2D eigenvalue weighted by Gasteiger charge is -2.31. The molecule has 1 saturated carbocycles. The summed E-state index contributed by atoms with van der Waals surface area (Å²) in [7, 11) is 0. The second kappa shape index (κ2) is 6.42. The maximum absolute atomic E-state index is 13.9. The second-order valence-electron chi connectivity index (χ2n) is 6.01. The number of rotatable bonds is 5. The molecule has 110 valence electrons. The van der Waals surface area contributed by atoms with Crippen molar-refractivity contribution in [3.8, 4) is 0 Å². The van der Waals surface area contributed by atoms with Gasteiger partial charge < -0.3 is 5.32 Å². The fourth-order valence-corrected chi connectivity index (χ4v) is 3.25. The standard InChI is InChI=1S/C16H22ClFN2/c17-15-5-3-6-16(18)14(15)11-20(13-7-8-13)10-12-4-1-2-9-19-12/h3,5-6,12-13,19H,1-2,4,7-11H2. The lowest BCUT2D eigenvalue weighted by molar-refractivity contribution is 0.206. The van der Waals surface area contributed by atoms with Gasteiger partial charge in [0.2, 0.25) is 0 Å². The lowest BCUT2D eigenvalue weighted by Crippen LogP contribution is -2.44. The van der Waals surface area contributed by atoms with E-state index in [-0.39, 0.29) is 5.82 Å². The summed E-state index contributed by atoms with van der Waals surface area (Å²) < 4.78 is 13.9. The van der Waals surface area contributed by atoms with Gasteiger partial charge in [-0.2, -0.15) is 0 Å². The average molecular weight is 297 g/mol. The van der Waals surface area contributed by atoms with Gasteiger partial charge in [-0.25, -0.2) is 4.39 Å². The third-order valence-electron chi connectivity index (χ3n) is 4.35. The van der Waals surface area contributed by atoms with Crippen molar-refractivity contribution in [2.24, 2.45) is 0 Å². The van der Waals surface area contributed by atoms with E-state index in [9.17, 15) is 4.39 Å². The molecule has 1 atom stereocenters. The summed E-state index contributed by atoms with van der Waals surface area (Å²) in [6.07, 6.45) is 6.28. The molecule has 2 aliphatic rings. The van der Waals surface area contributed by atoms with Crippen molar-refractivity contribution in [1.29, 1.82) is 0 Å². The number of hydrogen-bond acceptors (Lipinski definition) is 2. The highest BCUT2D eigenvalue weighted by atomic mass is 35.5. The molecule has 20 heavy (non-hydrogen) atoms. The van der Waals surface area contributed by atoms with Crippen LogP contribution in [0.25, 0.3) is 0 Å². The van der Waals surface area contributed by atoms with Gasteiger partial charge in [-0.15, -0.1) is 0 Å². The first kappa shape index (κ1) is 14.3. The van der Waals surface area contributed by atoms with E-state index in [4.69, 9.17) is 11.6 Å². The lowest BCUT2D eigenvalue weighted by atomic mass is 10.0. The average Bonchev–Trinajstić information content (AvgIpc) is 3.27. The van der Waals surface area contributed by atoms with Gasteiger partial charge in [0.1, 0.15) is 5.82 Å². The van der Waals surface area contributed by atoms with Crippen molar-refractivity contribution in [3.05, 3.63) is 34.6 Å². The molecule has 2 nitrogen and oxygen atoms in total. The summed E-state index contributed by atoms with van der Waals surface area (Å²) >= 11 is 6.16. The highest BCUT2D eigenvalue weighted by Gasteiger charge is 2.31. The quantitative estimate of drug-likeness (QED) is 0.893. The van der Waals surface area contributed by atoms with Crippen LogP contribution >= 0.6 is 11.6 Å². The first-order valence-electron chi connectivity index (χ1n) is 7.64. The highest BCUT2D eigenvalue weighted by molar-refractivity contribution is 6.31. The number of nitrogens with zero attached hydrogens (tertiary/aromatic N) is 1. The van der Waals surface area contributed by atoms with E-state index in [1.165, 1.54) is 38.2 Å². The number of hydrogen-bond donors (Lipinski definition) is 1. The molecule has 0 bridgehead atoms. The van der Waals surface area contributed by atoms with Crippen molar-refractivity contribution in [2.75, 3.05) is 13.1 Å². The molecule has 1 saturated heterocycles. The van der Waals surface area contributed by atoms with Crippen LogP contribution in [0.2, 0.25) is 5.02 Å². The van der Waals surface area contributed by atoms with Gasteiger partial charge in [0, 0.05) is 35.8 Å². The number of piperidine rings is 1. The minimum absolute atomic E-state index is 0.181. The maximum Gasteiger partial charge on any atom is 0.129 e. The zero-order valence-electron chi connectivity index (χ0n) is 11.7. The third-order valence-corrected chi connectivity index (χ3v) is 4.71. The maximum atomic E-state index is 13.9. The topological polar surface area (TPSA) is 15.3 Å². The van der Waals surface area contributed by atoms with Crippen LogP contribution in [0.1, 0.15) is 37.7 Å². The molecule has 1 heterocycles. The molecule has 3 rings (SSSR count). The smallest absolute Gasteiger partial charge is 0.129 e. The van der Waals surface area contributed by atoms with Crippen LogP contribution in [-0.4, -0.2) is 30.1 Å². The normalized spacial score (nSPS) is 23.2. The zero-order valence-corrected chi connectivity index (χ0v) is 12.5. The predicted octanol–water partition coefficient (Wildman–Crippen LogP) is 3.59. The van der Waals surface area contributed by atoms with Crippen LogP contribution in [0, 0.1) is 5.82 Å². The van der Waals surface area contributed by atoms with Crippen LogP contribution in [0.5, 0.6) is 0 Å². The molecule has 0 radical (unpaired) electrons. The fourth-order valence-electron chi connectivity index (χ4n) is 3.03. The van der Waals surface area contributed by atoms with Gasteiger partial charge >= 0.3 is 0 Å². The first-order valence-corrected chi connectivity index (χ1v) is 8.02. The van der Waals surface area contributed by atoms with Crippen molar-refractivity contribution in [3.63, 3.8) is 0 Å². The van der Waals surface area contributed by atoms with Gasteiger partial charge in [0.15, 0.2) is 0 Å². The molecule has 0 amide bonds. The van der Waals surface area contributed by atoms with Gasteiger partial charge in [0.05, 0.1) is 0 Å². The first-order chi connectivity index (χ1) is 9.74. The van der Waals surface area contributed by atoms with Gasteiger partial charge in [-0.3, -0.25) is 4.90 Å². The molecule has 4 heteroatoms. The summed E-state index contributed by atoms with van der Waals surface area (Å²) in [4.78, 5) is 2.41. The molecule has 1 aromatic carbocycles. The van der Waals surface area contributed by atoms with Gasteiger partial charge in [-0.05, 0) is 44.4 Å². The molecular weight excluding hydrogens is 275 g/mol. The summed E-state index contributed by atoms with van der Waals surface area (Å²) in [5.74, 6) is -0.181. The Bertz CT molecular complexity index is 436. The monoisotopic (exact) mass is 296 g/mol. The number of halogens is 2. The molecule has 2 fully saturated rings. The van der Waals surface area contributed by atoms with Crippen LogP contribution in [0.15, 0.2) is 18.2 Å². The molecule has 1 unspecified atom stereocenters. The van der Waals surface area contributed by atoms with E-state index in [1.54, 1.807) is 12.1 Å². The molecule has 1 aliphatic carbocycles. The Morgan fingerprint density at radius 1 is 1.25 bits per heavy atom. The number of benzene rings is 1. The summed E-state index contributed by atoms with van der Waals surface area (Å²) in [5.41, 5.74) is 0.650. The van der Waals surface area contributed by atoms with E-state index in [0.29, 0.717) is 29.2 Å². The van der Waals surface area contributed by atoms with Gasteiger partial charge in [-0.1, -0.05) is 24.1 Å². The highest BCUT2D eigenvalue weighted by Crippen LogP contribution is 2.31. The minimum Gasteiger partial charge on any atom is -0.313 e. The number of nitrogens with one attached hydrogen (secondary N) is 1. The Kier molecular flexibility index (Phi) is 4.59. The van der Waals surface area contributed by atoms with E-state index in [1.807, 2.05) is 0 Å². The Labute approximate surface area is 125 Å². The molecule has 1 N–H and O–H groups in total. The Hall–Kier alpha value is -0.640. The summed E-state index contributed by atoms with van der Waals surface area (Å²) in [6, 6.07) is 6.13. The van der Waals surface area contributed by atoms with Crippen LogP contribution in [0.3, 0.4) is 0 Å². The van der Waals surface area contributed by atoms with Gasteiger partial charge in [0.25, 0.3) is 0 Å². The fraction of sp³-hybridized carbons (Fsp3) is 0.625. The summed E-state index contributed by atoms with van der Waals surface area (Å²) in [5, 5.41) is 4.13. The Balaban J connectivity index is 1.68. The van der Waals surface area contributed by atoms with E-state index in [2.05, 4.69) is 10.2 Å². The van der Waals surface area contributed by atoms with Crippen molar-refractivity contribution < 1.29 is 4.39 Å². The largest absolute Gasteiger partial charge is 0.313 e. The third kappa shape index (κ3) is 3.51. The molecule has 1 aliphatic heterocycles. The van der Waals surface area contributed by atoms with Crippen LogP contribution in [-0.2, 0) is 6.54 Å².